The van der Waals surface area contributed by atoms with E-state index in [-0.39, 0.29) is 6.03 Å². The molecule has 6 heteroatoms. The van der Waals surface area contributed by atoms with Gasteiger partial charge >= 0.3 is 12.0 Å². The average molecular weight is 298 g/mol. The summed E-state index contributed by atoms with van der Waals surface area (Å²) in [5, 5.41) is 12.2. The third-order valence-corrected chi connectivity index (χ3v) is 4.63. The summed E-state index contributed by atoms with van der Waals surface area (Å²) < 4.78 is 5.69. The number of hydrogen-bond acceptors (Lipinski definition) is 3. The number of carboxylic acid groups (broad SMARTS) is 1. The molecule has 2 aliphatic rings. The Morgan fingerprint density at radius 3 is 2.67 bits per heavy atom. The van der Waals surface area contributed by atoms with Crippen LogP contribution in [0.3, 0.4) is 0 Å². The summed E-state index contributed by atoms with van der Waals surface area (Å²) in [4.78, 5) is 25.1. The Morgan fingerprint density at radius 2 is 2.00 bits per heavy atom. The molecule has 1 atom stereocenters. The van der Waals surface area contributed by atoms with Gasteiger partial charge in [-0.1, -0.05) is 12.8 Å². The van der Waals surface area contributed by atoms with E-state index in [1.165, 1.54) is 17.7 Å². The van der Waals surface area contributed by atoms with Crippen molar-refractivity contribution >= 4 is 12.0 Å². The molecule has 1 aliphatic heterocycles. The molecule has 0 aromatic carbocycles. The molecular formula is C15H26N2O4. The second kappa shape index (κ2) is 7.11. The molecule has 1 saturated heterocycles. The van der Waals surface area contributed by atoms with E-state index in [1.807, 2.05) is 0 Å². The highest BCUT2D eigenvalue weighted by Gasteiger charge is 2.43. The standard InChI is InChI=1S/C15H26N2O4/c1-15(13(18)19)8-4-5-10-17(15)14(20)16-9-11-21-12-6-2-3-7-12/h12H,2-11H2,1H3,(H,16,20)(H,18,19). The molecule has 0 radical (unpaired) electrons. The Kier molecular flexibility index (Phi) is 5.45. The van der Waals surface area contributed by atoms with E-state index >= 15 is 0 Å². The number of ether oxygens (including phenoxy) is 1. The van der Waals surface area contributed by atoms with Crippen LogP contribution in [-0.4, -0.2) is 53.3 Å². The van der Waals surface area contributed by atoms with E-state index in [0.717, 1.165) is 25.7 Å². The molecule has 0 aromatic rings. The maximum absolute atomic E-state index is 12.2. The Labute approximate surface area is 125 Å². The molecule has 0 bridgehead atoms. The zero-order valence-corrected chi connectivity index (χ0v) is 12.8. The zero-order chi connectivity index (χ0) is 15.3. The summed E-state index contributed by atoms with van der Waals surface area (Å²) in [6, 6.07) is -0.297. The second-order valence-corrected chi connectivity index (χ2v) is 6.20. The van der Waals surface area contributed by atoms with Crippen molar-refractivity contribution in [2.75, 3.05) is 19.7 Å². The molecule has 1 heterocycles. The van der Waals surface area contributed by atoms with Crippen molar-refractivity contribution in [3.8, 4) is 0 Å². The van der Waals surface area contributed by atoms with Crippen molar-refractivity contribution in [2.24, 2.45) is 0 Å². The van der Waals surface area contributed by atoms with Gasteiger partial charge in [-0.05, 0) is 39.0 Å². The largest absolute Gasteiger partial charge is 0.480 e. The number of carboxylic acids is 1. The topological polar surface area (TPSA) is 78.9 Å². The van der Waals surface area contributed by atoms with Gasteiger partial charge in [-0.15, -0.1) is 0 Å². The number of hydrogen-bond donors (Lipinski definition) is 2. The van der Waals surface area contributed by atoms with Crippen molar-refractivity contribution in [1.82, 2.24) is 10.2 Å². The highest BCUT2D eigenvalue weighted by molar-refractivity contribution is 5.86. The molecule has 21 heavy (non-hydrogen) atoms. The number of nitrogens with zero attached hydrogens (tertiary/aromatic N) is 1. The molecule has 120 valence electrons. The number of carbonyl (C=O) groups excluding carboxylic acids is 1. The van der Waals surface area contributed by atoms with E-state index in [2.05, 4.69) is 5.32 Å². The van der Waals surface area contributed by atoms with Gasteiger partial charge < -0.3 is 20.1 Å². The minimum absolute atomic E-state index is 0.297. The summed E-state index contributed by atoms with van der Waals surface area (Å²) in [7, 11) is 0. The van der Waals surface area contributed by atoms with E-state index in [4.69, 9.17) is 4.74 Å². The fourth-order valence-corrected chi connectivity index (χ4v) is 3.20. The fourth-order valence-electron chi connectivity index (χ4n) is 3.20. The molecule has 1 saturated carbocycles. The van der Waals surface area contributed by atoms with Crippen LogP contribution in [0.25, 0.3) is 0 Å². The number of carbonyl (C=O) groups is 2. The Balaban J connectivity index is 1.76. The molecule has 0 spiro atoms. The van der Waals surface area contributed by atoms with Gasteiger partial charge in [-0.25, -0.2) is 9.59 Å². The minimum atomic E-state index is -1.09. The number of amides is 2. The summed E-state index contributed by atoms with van der Waals surface area (Å²) in [6.07, 6.45) is 7.21. The van der Waals surface area contributed by atoms with Crippen LogP contribution in [-0.2, 0) is 9.53 Å². The van der Waals surface area contributed by atoms with Gasteiger partial charge in [0.2, 0.25) is 0 Å². The van der Waals surface area contributed by atoms with E-state index in [1.54, 1.807) is 6.92 Å². The fraction of sp³-hybridized carbons (Fsp3) is 0.867. The molecule has 2 fully saturated rings. The molecule has 2 N–H and O–H groups in total. The smallest absolute Gasteiger partial charge is 0.329 e. The van der Waals surface area contributed by atoms with Crippen LogP contribution in [0.15, 0.2) is 0 Å². The van der Waals surface area contributed by atoms with Gasteiger partial charge in [0.25, 0.3) is 0 Å². The predicted octanol–water partition coefficient (Wildman–Crippen LogP) is 1.98. The number of likely N-dealkylation sites (tertiary alicyclic amines) is 1. The molecule has 6 nitrogen and oxygen atoms in total. The van der Waals surface area contributed by atoms with Gasteiger partial charge in [0.05, 0.1) is 12.7 Å². The van der Waals surface area contributed by atoms with Crippen LogP contribution < -0.4 is 5.32 Å². The number of piperidine rings is 1. The lowest BCUT2D eigenvalue weighted by Gasteiger charge is -2.41. The zero-order valence-electron chi connectivity index (χ0n) is 12.8. The monoisotopic (exact) mass is 298 g/mol. The Bertz CT molecular complexity index is 382. The SMILES string of the molecule is CC1(C(=O)O)CCCCN1C(=O)NCCOC1CCCC1. The summed E-state index contributed by atoms with van der Waals surface area (Å²) >= 11 is 0. The van der Waals surface area contributed by atoms with Crippen LogP contribution in [0.2, 0.25) is 0 Å². The van der Waals surface area contributed by atoms with Gasteiger partial charge in [0, 0.05) is 13.1 Å². The first-order valence-electron chi connectivity index (χ1n) is 7.94. The minimum Gasteiger partial charge on any atom is -0.480 e. The molecule has 1 aliphatic carbocycles. The van der Waals surface area contributed by atoms with Crippen molar-refractivity contribution in [3.05, 3.63) is 0 Å². The predicted molar refractivity (Wildman–Crippen MR) is 78.2 cm³/mol. The lowest BCUT2D eigenvalue weighted by molar-refractivity contribution is -0.150. The van der Waals surface area contributed by atoms with Crippen molar-refractivity contribution in [3.63, 3.8) is 0 Å². The lowest BCUT2D eigenvalue weighted by Crippen LogP contribution is -2.60. The highest BCUT2D eigenvalue weighted by atomic mass is 16.5. The quantitative estimate of drug-likeness (QED) is 0.761. The first-order chi connectivity index (χ1) is 10.0. The Morgan fingerprint density at radius 1 is 1.29 bits per heavy atom. The van der Waals surface area contributed by atoms with Crippen LogP contribution in [0.1, 0.15) is 51.9 Å². The third kappa shape index (κ3) is 3.87. The van der Waals surface area contributed by atoms with Gasteiger partial charge in [0.15, 0.2) is 0 Å². The number of aliphatic carboxylic acids is 1. The molecule has 1 unspecified atom stereocenters. The third-order valence-electron chi connectivity index (χ3n) is 4.63. The van der Waals surface area contributed by atoms with Crippen LogP contribution >= 0.6 is 0 Å². The van der Waals surface area contributed by atoms with E-state index in [0.29, 0.717) is 32.2 Å². The summed E-state index contributed by atoms with van der Waals surface area (Å²) in [5.74, 6) is -0.931. The van der Waals surface area contributed by atoms with Gasteiger partial charge in [-0.3, -0.25) is 0 Å². The van der Waals surface area contributed by atoms with Crippen LogP contribution in [0.5, 0.6) is 0 Å². The van der Waals surface area contributed by atoms with E-state index < -0.39 is 11.5 Å². The first-order valence-corrected chi connectivity index (χ1v) is 7.94. The molecule has 2 amide bonds. The van der Waals surface area contributed by atoms with Crippen molar-refractivity contribution in [1.29, 1.82) is 0 Å². The van der Waals surface area contributed by atoms with Gasteiger partial charge in [0.1, 0.15) is 5.54 Å². The Hall–Kier alpha value is -1.30. The van der Waals surface area contributed by atoms with E-state index in [9.17, 15) is 14.7 Å². The van der Waals surface area contributed by atoms with Crippen LogP contribution in [0.4, 0.5) is 4.79 Å². The average Bonchev–Trinajstić information content (AvgIpc) is 2.97. The lowest BCUT2D eigenvalue weighted by atomic mass is 9.89. The molecular weight excluding hydrogens is 272 g/mol. The van der Waals surface area contributed by atoms with Gasteiger partial charge in [-0.2, -0.15) is 0 Å². The number of rotatable bonds is 5. The summed E-state index contributed by atoms with van der Waals surface area (Å²) in [6.45, 7) is 3.05. The number of urea groups is 1. The maximum Gasteiger partial charge on any atom is 0.329 e. The maximum atomic E-state index is 12.2. The van der Waals surface area contributed by atoms with Crippen molar-refractivity contribution < 1.29 is 19.4 Å². The number of nitrogens with one attached hydrogen (secondary N) is 1. The molecule has 2 rings (SSSR count). The van der Waals surface area contributed by atoms with Crippen molar-refractivity contribution in [2.45, 2.75) is 63.5 Å². The summed E-state index contributed by atoms with van der Waals surface area (Å²) in [5.41, 5.74) is -1.09. The normalized spacial score (nSPS) is 26.8. The highest BCUT2D eigenvalue weighted by Crippen LogP contribution is 2.28. The second-order valence-electron chi connectivity index (χ2n) is 6.20. The first kappa shape index (κ1) is 16.1. The van der Waals surface area contributed by atoms with Crippen LogP contribution in [0, 0.1) is 0 Å². The molecule has 0 aromatic heterocycles.